The van der Waals surface area contributed by atoms with Crippen LogP contribution in [0.1, 0.15) is 33.2 Å². The zero-order chi connectivity index (χ0) is 18.9. The number of nitrogens with zero attached hydrogens (tertiary/aromatic N) is 5. The van der Waals surface area contributed by atoms with Crippen LogP contribution in [0.5, 0.6) is 0 Å². The molecule has 8 heteroatoms. The van der Waals surface area contributed by atoms with Crippen molar-refractivity contribution in [3.63, 3.8) is 0 Å². The average Bonchev–Trinajstić information content (AvgIpc) is 3.29. The fraction of sp³-hybridized carbons (Fsp3) is 0.500. The highest BCUT2D eigenvalue weighted by molar-refractivity contribution is 5.83. The van der Waals surface area contributed by atoms with Gasteiger partial charge in [0.15, 0.2) is 0 Å². The maximum absolute atomic E-state index is 12.8. The number of carboxylic acid groups (broad SMARTS) is 1. The van der Waals surface area contributed by atoms with Gasteiger partial charge in [-0.05, 0) is 24.5 Å². The first-order valence-electron chi connectivity index (χ1n) is 8.72. The summed E-state index contributed by atoms with van der Waals surface area (Å²) in [6, 6.07) is 8.77. The van der Waals surface area contributed by atoms with Crippen LogP contribution in [0, 0.1) is 11.3 Å². The highest BCUT2D eigenvalue weighted by Gasteiger charge is 2.49. The van der Waals surface area contributed by atoms with Gasteiger partial charge in [-0.2, -0.15) is 4.80 Å². The highest BCUT2D eigenvalue weighted by Crippen LogP contribution is 2.38. The Morgan fingerprint density at radius 2 is 1.88 bits per heavy atom. The second-order valence-corrected chi connectivity index (χ2v) is 7.10. The lowest BCUT2D eigenvalue weighted by atomic mass is 9.76. The molecule has 2 unspecified atom stereocenters. The molecule has 0 aliphatic carbocycles. The molecule has 3 rings (SSSR count). The Hall–Kier alpha value is -2.77. The molecule has 1 saturated heterocycles. The summed E-state index contributed by atoms with van der Waals surface area (Å²) in [5, 5.41) is 22.0. The summed E-state index contributed by atoms with van der Waals surface area (Å²) in [6.45, 7) is 6.11. The maximum Gasteiger partial charge on any atom is 0.311 e. The Labute approximate surface area is 151 Å². The minimum atomic E-state index is -0.889. The van der Waals surface area contributed by atoms with E-state index in [0.717, 1.165) is 5.56 Å². The van der Waals surface area contributed by atoms with Crippen LogP contribution in [-0.2, 0) is 9.59 Å². The summed E-state index contributed by atoms with van der Waals surface area (Å²) in [5.74, 6) is -0.637. The minimum Gasteiger partial charge on any atom is -0.481 e. The van der Waals surface area contributed by atoms with E-state index in [2.05, 4.69) is 15.4 Å². The minimum absolute atomic E-state index is 0.0534. The molecular weight excluding hydrogens is 334 g/mol. The quantitative estimate of drug-likeness (QED) is 0.876. The summed E-state index contributed by atoms with van der Waals surface area (Å²) in [6.07, 6.45) is 0.457. The van der Waals surface area contributed by atoms with E-state index >= 15 is 0 Å². The molecule has 1 aliphatic heterocycles. The average molecular weight is 357 g/mol. The van der Waals surface area contributed by atoms with Gasteiger partial charge in [-0.3, -0.25) is 9.59 Å². The lowest BCUT2D eigenvalue weighted by Crippen LogP contribution is -2.42. The number of aromatic nitrogens is 4. The number of hydrogen-bond donors (Lipinski definition) is 1. The van der Waals surface area contributed by atoms with Gasteiger partial charge in [0.05, 0.1) is 5.41 Å². The van der Waals surface area contributed by atoms with Gasteiger partial charge in [-0.25, -0.2) is 0 Å². The molecule has 26 heavy (non-hydrogen) atoms. The first kappa shape index (κ1) is 18.0. The van der Waals surface area contributed by atoms with Gasteiger partial charge in [-0.15, -0.1) is 10.2 Å². The topological polar surface area (TPSA) is 101 Å². The Balaban J connectivity index is 1.75. The monoisotopic (exact) mass is 357 g/mol. The van der Waals surface area contributed by atoms with E-state index in [1.165, 1.54) is 4.80 Å². The van der Waals surface area contributed by atoms with Crippen LogP contribution >= 0.6 is 0 Å². The van der Waals surface area contributed by atoms with Gasteiger partial charge in [0.2, 0.25) is 11.7 Å². The van der Waals surface area contributed by atoms with E-state index in [4.69, 9.17) is 0 Å². The van der Waals surface area contributed by atoms with Gasteiger partial charge < -0.3 is 10.0 Å². The molecule has 1 fully saturated rings. The second kappa shape index (κ2) is 6.86. The third kappa shape index (κ3) is 3.07. The number of amides is 1. The number of aliphatic carboxylic acids is 1. The molecule has 1 aromatic carbocycles. The number of hydrogen-bond acceptors (Lipinski definition) is 5. The molecule has 8 nitrogen and oxygen atoms in total. The standard InChI is InChI=1S/C18H23N5O3/c1-12(2)18(17(25)26)9-10-22(11-18)16(24)13(3)23-20-15(19-21-23)14-7-5-4-6-8-14/h4-8,12-13H,9-11H2,1-3H3,(H,25,26). The fourth-order valence-corrected chi connectivity index (χ4v) is 3.37. The maximum atomic E-state index is 12.8. The fourth-order valence-electron chi connectivity index (χ4n) is 3.37. The van der Waals surface area contributed by atoms with E-state index in [-0.39, 0.29) is 18.4 Å². The van der Waals surface area contributed by atoms with Crippen molar-refractivity contribution in [3.05, 3.63) is 30.3 Å². The summed E-state index contributed by atoms with van der Waals surface area (Å²) >= 11 is 0. The second-order valence-electron chi connectivity index (χ2n) is 7.10. The third-order valence-corrected chi connectivity index (χ3v) is 5.31. The molecule has 2 heterocycles. The Bertz CT molecular complexity index is 804. The Kier molecular flexibility index (Phi) is 4.76. The summed E-state index contributed by atoms with van der Waals surface area (Å²) in [4.78, 5) is 27.5. The molecular formula is C18H23N5O3. The Morgan fingerprint density at radius 3 is 2.46 bits per heavy atom. The van der Waals surface area contributed by atoms with Crippen molar-refractivity contribution in [2.75, 3.05) is 13.1 Å². The van der Waals surface area contributed by atoms with Crippen LogP contribution < -0.4 is 0 Å². The van der Waals surface area contributed by atoms with Crippen molar-refractivity contribution in [1.29, 1.82) is 0 Å². The molecule has 0 spiro atoms. The van der Waals surface area contributed by atoms with Crippen molar-refractivity contribution in [2.45, 2.75) is 33.2 Å². The summed E-state index contributed by atoms with van der Waals surface area (Å²) in [5.41, 5.74) is -0.0651. The molecule has 1 N–H and O–H groups in total. The summed E-state index contributed by atoms with van der Waals surface area (Å²) < 4.78 is 0. The molecule has 1 aliphatic rings. The van der Waals surface area contributed by atoms with Crippen LogP contribution in [0.25, 0.3) is 11.4 Å². The molecule has 138 valence electrons. The van der Waals surface area contributed by atoms with Gasteiger partial charge in [-0.1, -0.05) is 44.2 Å². The lowest BCUT2D eigenvalue weighted by Gasteiger charge is -2.29. The SMILES string of the molecule is CC(C(=O)N1CCC(C(=O)O)(C(C)C)C1)n1nnc(-c2ccccc2)n1. The molecule has 0 bridgehead atoms. The van der Waals surface area contributed by atoms with Crippen LogP contribution in [0.3, 0.4) is 0 Å². The molecule has 0 saturated carbocycles. The van der Waals surface area contributed by atoms with Crippen molar-refractivity contribution < 1.29 is 14.7 Å². The van der Waals surface area contributed by atoms with Crippen molar-refractivity contribution in [3.8, 4) is 11.4 Å². The predicted molar refractivity (Wildman–Crippen MR) is 94.1 cm³/mol. The van der Waals surface area contributed by atoms with E-state index < -0.39 is 17.4 Å². The van der Waals surface area contributed by atoms with E-state index in [9.17, 15) is 14.7 Å². The van der Waals surface area contributed by atoms with Gasteiger partial charge in [0, 0.05) is 18.7 Å². The number of likely N-dealkylation sites (tertiary alicyclic amines) is 1. The van der Waals surface area contributed by atoms with Crippen LogP contribution in [-0.4, -0.2) is 55.2 Å². The first-order chi connectivity index (χ1) is 12.3. The van der Waals surface area contributed by atoms with Crippen molar-refractivity contribution in [2.24, 2.45) is 11.3 Å². The first-order valence-corrected chi connectivity index (χ1v) is 8.72. The summed E-state index contributed by atoms with van der Waals surface area (Å²) in [7, 11) is 0. The van der Waals surface area contributed by atoms with E-state index in [1.807, 2.05) is 44.2 Å². The molecule has 2 aromatic rings. The van der Waals surface area contributed by atoms with Crippen LogP contribution in [0.2, 0.25) is 0 Å². The predicted octanol–water partition coefficient (Wildman–Crippen LogP) is 1.86. The number of carboxylic acids is 1. The molecule has 1 amide bonds. The van der Waals surface area contributed by atoms with E-state index in [1.54, 1.807) is 11.8 Å². The number of benzene rings is 1. The number of tetrazole rings is 1. The number of carbonyl (C=O) groups excluding carboxylic acids is 1. The third-order valence-electron chi connectivity index (χ3n) is 5.31. The van der Waals surface area contributed by atoms with Crippen LogP contribution in [0.15, 0.2) is 30.3 Å². The lowest BCUT2D eigenvalue weighted by molar-refractivity contribution is -0.151. The van der Waals surface area contributed by atoms with Crippen molar-refractivity contribution in [1.82, 2.24) is 25.1 Å². The van der Waals surface area contributed by atoms with Gasteiger partial charge in [0.25, 0.3) is 0 Å². The molecule has 1 aromatic heterocycles. The normalized spacial score (nSPS) is 21.2. The van der Waals surface area contributed by atoms with Crippen LogP contribution in [0.4, 0.5) is 0 Å². The van der Waals surface area contributed by atoms with Gasteiger partial charge >= 0.3 is 5.97 Å². The molecule has 2 atom stereocenters. The molecule has 0 radical (unpaired) electrons. The zero-order valence-corrected chi connectivity index (χ0v) is 15.2. The van der Waals surface area contributed by atoms with Gasteiger partial charge in [0.1, 0.15) is 6.04 Å². The largest absolute Gasteiger partial charge is 0.481 e. The zero-order valence-electron chi connectivity index (χ0n) is 15.2. The van der Waals surface area contributed by atoms with Crippen molar-refractivity contribution >= 4 is 11.9 Å². The Morgan fingerprint density at radius 1 is 1.19 bits per heavy atom. The number of rotatable bonds is 5. The van der Waals surface area contributed by atoms with E-state index in [0.29, 0.717) is 18.8 Å². The number of carbonyl (C=O) groups is 2. The highest BCUT2D eigenvalue weighted by atomic mass is 16.4. The smallest absolute Gasteiger partial charge is 0.311 e.